The van der Waals surface area contributed by atoms with E-state index < -0.39 is 53.6 Å². The summed E-state index contributed by atoms with van der Waals surface area (Å²) in [7, 11) is 0. The lowest BCUT2D eigenvalue weighted by Crippen LogP contribution is -2.64. The van der Waals surface area contributed by atoms with Gasteiger partial charge < -0.3 is 35.3 Å². The molecule has 10 nitrogen and oxygen atoms in total. The normalized spacial score (nSPS) is 40.7. The van der Waals surface area contributed by atoms with Crippen LogP contribution in [0.2, 0.25) is 0 Å². The maximum atomic E-state index is 13.9. The summed E-state index contributed by atoms with van der Waals surface area (Å²) in [6.45, 7) is 5.92. The first-order chi connectivity index (χ1) is 19.9. The number of carbonyl (C=O) groups excluding carboxylic acids is 2. The number of esters is 1. The largest absolute Gasteiger partial charge is 0.481 e. The number of carbonyl (C=O) groups is 3. The van der Waals surface area contributed by atoms with E-state index in [1.807, 2.05) is 0 Å². The average Bonchev–Trinajstić information content (AvgIpc) is 2.92. The molecule has 0 aromatic rings. The molecule has 1 heterocycles. The minimum Gasteiger partial charge on any atom is -0.481 e. The van der Waals surface area contributed by atoms with Gasteiger partial charge in [-0.1, -0.05) is 19.4 Å². The van der Waals surface area contributed by atoms with Crippen LogP contribution in [0.5, 0.6) is 0 Å². The summed E-state index contributed by atoms with van der Waals surface area (Å²) in [4.78, 5) is 38.8. The molecule has 1 aliphatic heterocycles. The van der Waals surface area contributed by atoms with E-state index in [1.165, 1.54) is 6.92 Å². The van der Waals surface area contributed by atoms with Crippen molar-refractivity contribution in [2.24, 2.45) is 58.5 Å². The number of rotatable bonds is 10. The molecule has 4 aliphatic carbocycles. The van der Waals surface area contributed by atoms with Crippen LogP contribution < -0.4 is 5.73 Å². The molecular formula is C32H49NO9. The molecule has 5 aliphatic rings. The number of ether oxygens (including phenoxy) is 3. The smallest absolute Gasteiger partial charge is 0.307 e. The number of aliphatic hydroxyl groups excluding tert-OH is 1. The van der Waals surface area contributed by atoms with E-state index >= 15 is 0 Å². The Hall–Kier alpha value is -1.85. The Bertz CT molecular complexity index is 1080. The van der Waals surface area contributed by atoms with Crippen LogP contribution in [0.3, 0.4) is 0 Å². The molecule has 2 bridgehead atoms. The fourth-order valence-corrected chi connectivity index (χ4v) is 9.69. The molecular weight excluding hydrogens is 542 g/mol. The summed E-state index contributed by atoms with van der Waals surface area (Å²) in [5, 5.41) is 30.9. The van der Waals surface area contributed by atoms with Crippen LogP contribution in [0.15, 0.2) is 11.6 Å². The number of carboxylic acid groups (broad SMARTS) is 1. The second-order valence-electron chi connectivity index (χ2n) is 14.2. The summed E-state index contributed by atoms with van der Waals surface area (Å²) in [5.41, 5.74) is 4.69. The number of allylic oxidation sites excluding steroid dienone is 1. The molecule has 5 N–H and O–H groups in total. The summed E-state index contributed by atoms with van der Waals surface area (Å²) in [5.74, 6) is -2.14. The van der Waals surface area contributed by atoms with Crippen molar-refractivity contribution in [1.29, 1.82) is 0 Å². The zero-order chi connectivity index (χ0) is 30.4. The van der Waals surface area contributed by atoms with Gasteiger partial charge in [0.2, 0.25) is 0 Å². The summed E-state index contributed by atoms with van der Waals surface area (Å²) < 4.78 is 18.4. The maximum Gasteiger partial charge on any atom is 0.307 e. The predicted molar refractivity (Wildman–Crippen MR) is 152 cm³/mol. The van der Waals surface area contributed by atoms with E-state index in [9.17, 15) is 29.7 Å². The molecule has 42 heavy (non-hydrogen) atoms. The number of hydrogen-bond acceptors (Lipinski definition) is 9. The minimum absolute atomic E-state index is 0.00248. The van der Waals surface area contributed by atoms with Gasteiger partial charge in [-0.15, -0.1) is 0 Å². The van der Waals surface area contributed by atoms with Gasteiger partial charge in [0.15, 0.2) is 5.78 Å². The predicted octanol–water partition coefficient (Wildman–Crippen LogP) is 2.34. The molecule has 236 valence electrons. The highest BCUT2D eigenvalue weighted by Gasteiger charge is 2.64. The summed E-state index contributed by atoms with van der Waals surface area (Å²) >= 11 is 0. The SMILES string of the molecule is CC(=O)O[C@@H]1C[C@@]23COCC(C2CCC2C3=CC(=O)C3C2CCC(CC(C)C)C3C(=O)O)[C@H]1OCC(O)(CO)CCN. The first-order valence-corrected chi connectivity index (χ1v) is 15.8. The van der Waals surface area contributed by atoms with Gasteiger partial charge in [-0.2, -0.15) is 0 Å². The molecule has 0 amide bonds. The monoisotopic (exact) mass is 591 g/mol. The summed E-state index contributed by atoms with van der Waals surface area (Å²) in [6.07, 6.45) is 5.38. The second-order valence-corrected chi connectivity index (χ2v) is 14.2. The molecule has 4 fully saturated rings. The molecule has 3 saturated carbocycles. The molecule has 0 radical (unpaired) electrons. The van der Waals surface area contributed by atoms with Gasteiger partial charge in [0.05, 0.1) is 38.4 Å². The van der Waals surface area contributed by atoms with Gasteiger partial charge >= 0.3 is 11.9 Å². The topological polar surface area (TPSA) is 166 Å². The Labute approximate surface area is 248 Å². The van der Waals surface area contributed by atoms with Gasteiger partial charge in [0.25, 0.3) is 0 Å². The maximum absolute atomic E-state index is 13.9. The summed E-state index contributed by atoms with van der Waals surface area (Å²) in [6, 6.07) is 0. The van der Waals surface area contributed by atoms with E-state index in [2.05, 4.69) is 13.8 Å². The van der Waals surface area contributed by atoms with E-state index in [-0.39, 0.29) is 54.9 Å². The lowest BCUT2D eigenvalue weighted by molar-refractivity contribution is -0.235. The van der Waals surface area contributed by atoms with Gasteiger partial charge in [-0.25, -0.2) is 0 Å². The van der Waals surface area contributed by atoms with Crippen LogP contribution in [0.4, 0.5) is 0 Å². The average molecular weight is 592 g/mol. The molecule has 0 spiro atoms. The molecule has 5 rings (SSSR count). The zero-order valence-corrected chi connectivity index (χ0v) is 25.2. The van der Waals surface area contributed by atoms with Crippen LogP contribution >= 0.6 is 0 Å². The lowest BCUT2D eigenvalue weighted by Gasteiger charge is -2.63. The van der Waals surface area contributed by atoms with Crippen LogP contribution in [-0.2, 0) is 28.6 Å². The quantitative estimate of drug-likeness (QED) is 0.277. The number of aliphatic hydroxyl groups is 2. The van der Waals surface area contributed by atoms with Crippen molar-refractivity contribution < 1.29 is 43.9 Å². The van der Waals surface area contributed by atoms with Crippen molar-refractivity contribution in [2.75, 3.05) is 33.0 Å². The third-order valence-corrected chi connectivity index (χ3v) is 11.2. The number of aliphatic carboxylic acids is 1. The van der Waals surface area contributed by atoms with E-state index in [1.54, 1.807) is 6.08 Å². The van der Waals surface area contributed by atoms with Crippen molar-refractivity contribution in [1.82, 2.24) is 0 Å². The van der Waals surface area contributed by atoms with Crippen molar-refractivity contribution >= 4 is 17.7 Å². The van der Waals surface area contributed by atoms with Crippen LogP contribution in [0.25, 0.3) is 0 Å². The highest BCUT2D eigenvalue weighted by atomic mass is 16.6. The second kappa shape index (κ2) is 12.3. The number of hydrogen-bond donors (Lipinski definition) is 4. The van der Waals surface area contributed by atoms with Gasteiger partial charge in [0.1, 0.15) is 11.7 Å². The molecule has 11 atom stereocenters. The number of ketones is 1. The molecule has 1 saturated heterocycles. The van der Waals surface area contributed by atoms with Crippen molar-refractivity contribution in [3.05, 3.63) is 11.6 Å². The first kappa shape index (κ1) is 31.6. The van der Waals surface area contributed by atoms with Gasteiger partial charge in [-0.05, 0) is 87.2 Å². The molecule has 8 unspecified atom stereocenters. The standard InChI is InChI=1S/C32H49NO9/c1-17(2)10-19-4-5-21-20-6-7-23-22-13-40-16-32(23,24(20)11-25(36)28(21)27(19)30(37)38)12-26(42-18(3)35)29(22)41-15-31(39,14-34)8-9-33/h11,17,19-23,26-29,34,39H,4-10,12-16,33H2,1-3H3,(H,37,38)/t19?,20?,21?,22?,23?,26-,27?,28?,29-,31?,32-/m1/s1. The molecule has 10 heteroatoms. The van der Waals surface area contributed by atoms with Crippen LogP contribution in [-0.4, -0.2) is 83.8 Å². The number of fused-ring (bicyclic) bond motifs is 3. The molecule has 0 aromatic heterocycles. The van der Waals surface area contributed by atoms with Gasteiger partial charge in [-0.3, -0.25) is 14.4 Å². The highest BCUT2D eigenvalue weighted by Crippen LogP contribution is 2.64. The Kier molecular flexibility index (Phi) is 9.22. The number of carboxylic acids is 1. The molecule has 0 aromatic carbocycles. The van der Waals surface area contributed by atoms with Crippen molar-refractivity contribution in [3.63, 3.8) is 0 Å². The Morgan fingerprint density at radius 3 is 2.62 bits per heavy atom. The fourth-order valence-electron chi connectivity index (χ4n) is 9.69. The minimum atomic E-state index is -1.50. The zero-order valence-electron chi connectivity index (χ0n) is 25.2. The van der Waals surface area contributed by atoms with Crippen LogP contribution in [0.1, 0.15) is 65.7 Å². The lowest BCUT2D eigenvalue weighted by atomic mass is 9.45. The third kappa shape index (κ3) is 5.58. The first-order valence-electron chi connectivity index (χ1n) is 15.8. The van der Waals surface area contributed by atoms with E-state index in [0.29, 0.717) is 25.6 Å². The third-order valence-electron chi connectivity index (χ3n) is 11.2. The van der Waals surface area contributed by atoms with E-state index in [0.717, 1.165) is 37.7 Å². The fraction of sp³-hybridized carbons (Fsp3) is 0.844. The Balaban J connectivity index is 1.48. The Morgan fingerprint density at radius 2 is 1.98 bits per heavy atom. The van der Waals surface area contributed by atoms with Crippen LogP contribution in [0, 0.1) is 52.8 Å². The van der Waals surface area contributed by atoms with E-state index in [4.69, 9.17) is 19.9 Å². The van der Waals surface area contributed by atoms with Crippen molar-refractivity contribution in [3.8, 4) is 0 Å². The van der Waals surface area contributed by atoms with Gasteiger partial charge in [0, 0.05) is 24.2 Å². The Morgan fingerprint density at radius 1 is 1.21 bits per heavy atom. The van der Waals surface area contributed by atoms with Crippen molar-refractivity contribution in [2.45, 2.75) is 83.5 Å². The highest BCUT2D eigenvalue weighted by molar-refractivity contribution is 5.97. The number of nitrogens with two attached hydrogens (primary N) is 1.